The van der Waals surface area contributed by atoms with Gasteiger partial charge in [-0.05, 0) is 0 Å². The molecule has 0 aromatic carbocycles. The molecule has 0 saturated carbocycles. The largest absolute Gasteiger partial charge is 0.481 e. The van der Waals surface area contributed by atoms with Crippen molar-refractivity contribution in [3.63, 3.8) is 0 Å². The Morgan fingerprint density at radius 1 is 1.00 bits per heavy atom. The van der Waals surface area contributed by atoms with E-state index >= 15 is 0 Å². The maximum atomic E-state index is 9.37. The third-order valence-corrected chi connectivity index (χ3v) is 0.605. The Labute approximate surface area is 78.4 Å². The Morgan fingerprint density at radius 3 is 1.09 bits per heavy atom. The van der Waals surface area contributed by atoms with E-state index < -0.39 is 11.9 Å². The second-order valence-electron chi connectivity index (χ2n) is 1.49. The van der Waals surface area contributed by atoms with Crippen LogP contribution < -0.4 is 0 Å². The molecule has 0 aromatic heterocycles. The van der Waals surface area contributed by atoms with Crippen LogP contribution in [0.1, 0.15) is 26.7 Å². The molecular weight excluding hydrogens is 239 g/mol. The molecule has 2 N–H and O–H groups in total. The first-order valence-corrected chi connectivity index (χ1v) is 2.98. The number of carboxylic acid groups (broad SMARTS) is 2. The van der Waals surface area contributed by atoms with Crippen molar-refractivity contribution < 1.29 is 39.3 Å². The minimum absolute atomic E-state index is 0. The number of rotatable bonds is 2. The number of carboxylic acids is 2. The SMILES string of the molecule is CCC(=O)O.CCC(=O)O.[Rh]. The standard InChI is InChI=1S/2C3H6O2.Rh/c2*1-2-3(4)5;/h2*2H2,1H3,(H,4,5);. The van der Waals surface area contributed by atoms with E-state index in [2.05, 4.69) is 0 Å². The maximum absolute atomic E-state index is 9.37. The molecule has 0 rings (SSSR count). The van der Waals surface area contributed by atoms with Gasteiger partial charge in [-0.3, -0.25) is 9.59 Å². The van der Waals surface area contributed by atoms with E-state index in [0.717, 1.165) is 0 Å². The summed E-state index contributed by atoms with van der Waals surface area (Å²) in [5, 5.41) is 15.4. The molecule has 0 aromatic rings. The average molecular weight is 251 g/mol. The molecule has 0 heterocycles. The molecular formula is C6H12O4Rh. The zero-order chi connectivity index (χ0) is 8.57. The average Bonchev–Trinajstić information content (AvgIpc) is 1.89. The summed E-state index contributed by atoms with van der Waals surface area (Å²) < 4.78 is 0. The van der Waals surface area contributed by atoms with Crippen molar-refractivity contribution in [2.45, 2.75) is 26.7 Å². The van der Waals surface area contributed by atoms with Crippen molar-refractivity contribution in [1.29, 1.82) is 0 Å². The van der Waals surface area contributed by atoms with Gasteiger partial charge in [0.05, 0.1) is 0 Å². The number of hydrogen-bond donors (Lipinski definition) is 2. The summed E-state index contributed by atoms with van der Waals surface area (Å²) in [6.07, 6.45) is 0.444. The molecule has 4 nitrogen and oxygen atoms in total. The van der Waals surface area contributed by atoms with Crippen LogP contribution in [0.3, 0.4) is 0 Å². The summed E-state index contributed by atoms with van der Waals surface area (Å²) in [5.74, 6) is -1.49. The Kier molecular flexibility index (Phi) is 18.8. The third-order valence-electron chi connectivity index (χ3n) is 0.605. The van der Waals surface area contributed by atoms with Crippen LogP contribution in [0.2, 0.25) is 0 Å². The molecule has 0 atom stereocenters. The van der Waals surface area contributed by atoms with Crippen LogP contribution in [0.25, 0.3) is 0 Å². The first-order chi connectivity index (χ1) is 4.54. The number of aliphatic carboxylic acids is 2. The molecule has 0 amide bonds. The normalized spacial score (nSPS) is 6.73. The Balaban J connectivity index is -0.000000107. The van der Waals surface area contributed by atoms with Crippen LogP contribution in [-0.4, -0.2) is 22.2 Å². The van der Waals surface area contributed by atoms with Crippen LogP contribution >= 0.6 is 0 Å². The van der Waals surface area contributed by atoms with E-state index in [1.165, 1.54) is 0 Å². The minimum atomic E-state index is -0.745. The maximum Gasteiger partial charge on any atom is 0.303 e. The number of carbonyl (C=O) groups is 2. The molecule has 0 aliphatic heterocycles. The molecule has 0 aliphatic rings. The molecule has 5 heteroatoms. The summed E-state index contributed by atoms with van der Waals surface area (Å²) in [6.45, 7) is 3.20. The van der Waals surface area contributed by atoms with Crippen molar-refractivity contribution >= 4 is 11.9 Å². The fourth-order valence-corrected chi connectivity index (χ4v) is 0. The molecule has 0 unspecified atom stereocenters. The van der Waals surface area contributed by atoms with E-state index in [9.17, 15) is 9.59 Å². The quantitative estimate of drug-likeness (QED) is 0.717. The molecule has 11 heavy (non-hydrogen) atoms. The van der Waals surface area contributed by atoms with Gasteiger partial charge >= 0.3 is 11.9 Å². The van der Waals surface area contributed by atoms with Gasteiger partial charge in [0, 0.05) is 32.3 Å². The van der Waals surface area contributed by atoms with Gasteiger partial charge in [-0.1, -0.05) is 13.8 Å². The van der Waals surface area contributed by atoms with Gasteiger partial charge in [-0.2, -0.15) is 0 Å². The summed E-state index contributed by atoms with van der Waals surface area (Å²) in [5.41, 5.74) is 0. The van der Waals surface area contributed by atoms with Gasteiger partial charge in [0.1, 0.15) is 0 Å². The van der Waals surface area contributed by atoms with E-state index in [0.29, 0.717) is 0 Å². The van der Waals surface area contributed by atoms with Crippen molar-refractivity contribution in [3.8, 4) is 0 Å². The van der Waals surface area contributed by atoms with Gasteiger partial charge in [0.2, 0.25) is 0 Å². The monoisotopic (exact) mass is 251 g/mol. The Morgan fingerprint density at radius 2 is 1.09 bits per heavy atom. The van der Waals surface area contributed by atoms with Crippen molar-refractivity contribution in [3.05, 3.63) is 0 Å². The van der Waals surface area contributed by atoms with E-state index in [1.807, 2.05) is 0 Å². The molecule has 0 spiro atoms. The predicted octanol–water partition coefficient (Wildman–Crippen LogP) is 0.960. The van der Waals surface area contributed by atoms with Crippen molar-refractivity contribution in [1.82, 2.24) is 0 Å². The topological polar surface area (TPSA) is 74.6 Å². The van der Waals surface area contributed by atoms with E-state index in [-0.39, 0.29) is 32.3 Å². The van der Waals surface area contributed by atoms with E-state index in [4.69, 9.17) is 10.2 Å². The Bertz CT molecular complexity index is 99.1. The molecule has 0 saturated heterocycles. The number of hydrogen-bond acceptors (Lipinski definition) is 2. The van der Waals surface area contributed by atoms with Crippen LogP contribution in [0.4, 0.5) is 0 Å². The molecule has 0 fully saturated rings. The predicted molar refractivity (Wildman–Crippen MR) is 35.9 cm³/mol. The second-order valence-corrected chi connectivity index (χ2v) is 1.49. The smallest absolute Gasteiger partial charge is 0.303 e. The minimum Gasteiger partial charge on any atom is -0.481 e. The zero-order valence-corrected chi connectivity index (χ0v) is 8.10. The van der Waals surface area contributed by atoms with Gasteiger partial charge in [-0.25, -0.2) is 0 Å². The van der Waals surface area contributed by atoms with Crippen LogP contribution in [0.5, 0.6) is 0 Å². The first-order valence-electron chi connectivity index (χ1n) is 2.98. The van der Waals surface area contributed by atoms with Gasteiger partial charge in [-0.15, -0.1) is 0 Å². The third kappa shape index (κ3) is 43.1. The van der Waals surface area contributed by atoms with Crippen LogP contribution in [0, 0.1) is 0 Å². The van der Waals surface area contributed by atoms with Crippen molar-refractivity contribution in [2.24, 2.45) is 0 Å². The summed E-state index contributed by atoms with van der Waals surface area (Å²) >= 11 is 0. The fraction of sp³-hybridized carbons (Fsp3) is 0.667. The van der Waals surface area contributed by atoms with Crippen LogP contribution in [-0.2, 0) is 29.1 Å². The summed E-state index contributed by atoms with van der Waals surface area (Å²) in [6, 6.07) is 0. The van der Waals surface area contributed by atoms with Crippen LogP contribution in [0.15, 0.2) is 0 Å². The van der Waals surface area contributed by atoms with Gasteiger partial charge in [0.25, 0.3) is 0 Å². The second kappa shape index (κ2) is 12.3. The first kappa shape index (κ1) is 16.9. The zero-order valence-electron chi connectivity index (χ0n) is 6.46. The molecule has 0 bridgehead atoms. The van der Waals surface area contributed by atoms with E-state index in [1.54, 1.807) is 13.8 Å². The Hall–Kier alpha value is -0.437. The van der Waals surface area contributed by atoms with Crippen molar-refractivity contribution in [2.75, 3.05) is 0 Å². The summed E-state index contributed by atoms with van der Waals surface area (Å²) in [7, 11) is 0. The fourth-order valence-electron chi connectivity index (χ4n) is 0. The molecule has 69 valence electrons. The molecule has 0 aliphatic carbocycles. The van der Waals surface area contributed by atoms with Gasteiger partial charge < -0.3 is 10.2 Å². The van der Waals surface area contributed by atoms with Gasteiger partial charge in [0.15, 0.2) is 0 Å². The molecule has 1 radical (unpaired) electrons. The summed E-state index contributed by atoms with van der Waals surface area (Å²) in [4.78, 5) is 18.7.